The maximum Gasteiger partial charge on any atom is 0.362 e. The lowest BCUT2D eigenvalue weighted by Gasteiger charge is -2.15. The summed E-state index contributed by atoms with van der Waals surface area (Å²) < 4.78 is 43.6. The average Bonchev–Trinajstić information content (AvgIpc) is 3.41. The van der Waals surface area contributed by atoms with Crippen molar-refractivity contribution in [3.63, 3.8) is 0 Å². The van der Waals surface area contributed by atoms with E-state index in [1.165, 1.54) is 12.1 Å². The van der Waals surface area contributed by atoms with E-state index in [4.69, 9.17) is 11.6 Å². The van der Waals surface area contributed by atoms with Crippen molar-refractivity contribution in [1.29, 1.82) is 0 Å². The number of sulfone groups is 1. The Kier molecular flexibility index (Phi) is 4.68. The SMILES string of the molecule is O=c1[nH]c2c(S(=O)(=O)c3cc(F)c4ccn(C5CCCC5)c4c3)ccc(Cl)c2c(=O)n1O. The molecule has 0 bridgehead atoms. The summed E-state index contributed by atoms with van der Waals surface area (Å²) in [5.74, 6) is -0.692. The third-order valence-electron chi connectivity index (χ3n) is 6.03. The molecule has 0 spiro atoms. The number of hydrogen-bond acceptors (Lipinski definition) is 5. The van der Waals surface area contributed by atoms with Gasteiger partial charge in [-0.2, -0.15) is 0 Å². The van der Waals surface area contributed by atoms with Crippen molar-refractivity contribution in [2.24, 2.45) is 0 Å². The normalized spacial score (nSPS) is 15.2. The van der Waals surface area contributed by atoms with Crippen LogP contribution in [0.25, 0.3) is 21.8 Å². The first kappa shape index (κ1) is 20.8. The zero-order valence-electron chi connectivity index (χ0n) is 16.5. The molecule has 0 saturated heterocycles. The summed E-state index contributed by atoms with van der Waals surface area (Å²) in [6.45, 7) is 0. The van der Waals surface area contributed by atoms with E-state index in [0.29, 0.717) is 10.9 Å². The number of aromatic nitrogens is 3. The van der Waals surface area contributed by atoms with Crippen molar-refractivity contribution in [2.75, 3.05) is 0 Å². The van der Waals surface area contributed by atoms with Crippen LogP contribution in [0.3, 0.4) is 0 Å². The van der Waals surface area contributed by atoms with Crippen LogP contribution in [0.2, 0.25) is 5.02 Å². The van der Waals surface area contributed by atoms with Gasteiger partial charge in [0.2, 0.25) is 9.84 Å². The number of nitrogens with one attached hydrogen (secondary N) is 1. The number of nitrogens with zero attached hydrogens (tertiary/aromatic N) is 2. The highest BCUT2D eigenvalue weighted by Crippen LogP contribution is 2.36. The summed E-state index contributed by atoms with van der Waals surface area (Å²) in [4.78, 5) is 25.7. The molecule has 2 heterocycles. The molecule has 32 heavy (non-hydrogen) atoms. The molecule has 2 N–H and O–H groups in total. The predicted molar refractivity (Wildman–Crippen MR) is 116 cm³/mol. The van der Waals surface area contributed by atoms with E-state index in [2.05, 4.69) is 4.98 Å². The van der Waals surface area contributed by atoms with Crippen LogP contribution in [-0.4, -0.2) is 27.9 Å². The Bertz CT molecular complexity index is 1630. The molecule has 2 aromatic carbocycles. The molecule has 11 heteroatoms. The fraction of sp³-hybridized carbons (Fsp3) is 0.238. The van der Waals surface area contributed by atoms with Crippen LogP contribution >= 0.6 is 11.6 Å². The van der Waals surface area contributed by atoms with Crippen LogP contribution in [0.4, 0.5) is 4.39 Å². The van der Waals surface area contributed by atoms with Crippen molar-refractivity contribution < 1.29 is 18.0 Å². The van der Waals surface area contributed by atoms with E-state index in [9.17, 15) is 27.6 Å². The Balaban J connectivity index is 1.78. The van der Waals surface area contributed by atoms with Crippen LogP contribution < -0.4 is 11.2 Å². The minimum Gasteiger partial charge on any atom is -0.421 e. The number of benzene rings is 2. The van der Waals surface area contributed by atoms with Crippen LogP contribution in [0.15, 0.2) is 55.9 Å². The van der Waals surface area contributed by atoms with Gasteiger partial charge in [-0.3, -0.25) is 4.79 Å². The molecule has 1 aliphatic rings. The smallest absolute Gasteiger partial charge is 0.362 e. The Hall–Kier alpha value is -3.11. The van der Waals surface area contributed by atoms with E-state index in [-0.39, 0.29) is 31.6 Å². The Morgan fingerprint density at radius 1 is 1.12 bits per heavy atom. The second-order valence-electron chi connectivity index (χ2n) is 7.85. The third-order valence-corrected chi connectivity index (χ3v) is 8.12. The van der Waals surface area contributed by atoms with E-state index < -0.39 is 31.8 Å². The van der Waals surface area contributed by atoms with Crippen LogP contribution in [0, 0.1) is 5.82 Å². The lowest BCUT2D eigenvalue weighted by molar-refractivity contribution is 0.162. The first-order valence-corrected chi connectivity index (χ1v) is 11.8. The molecule has 166 valence electrons. The molecule has 8 nitrogen and oxygen atoms in total. The highest BCUT2D eigenvalue weighted by molar-refractivity contribution is 7.91. The fourth-order valence-corrected chi connectivity index (χ4v) is 6.14. The highest BCUT2D eigenvalue weighted by Gasteiger charge is 2.27. The van der Waals surface area contributed by atoms with E-state index in [0.717, 1.165) is 37.8 Å². The fourth-order valence-electron chi connectivity index (χ4n) is 4.45. The van der Waals surface area contributed by atoms with Gasteiger partial charge in [-0.1, -0.05) is 29.2 Å². The number of fused-ring (bicyclic) bond motifs is 2. The second-order valence-corrected chi connectivity index (χ2v) is 10.2. The molecule has 0 amide bonds. The monoisotopic (exact) mass is 477 g/mol. The molecule has 0 unspecified atom stereocenters. The molecule has 1 saturated carbocycles. The number of hydrogen-bond donors (Lipinski definition) is 2. The molecular formula is C21H17ClFN3O5S. The Morgan fingerprint density at radius 3 is 2.56 bits per heavy atom. The summed E-state index contributed by atoms with van der Waals surface area (Å²) in [5.41, 5.74) is -2.29. The van der Waals surface area contributed by atoms with Gasteiger partial charge in [0, 0.05) is 17.6 Å². The maximum absolute atomic E-state index is 14.9. The van der Waals surface area contributed by atoms with Gasteiger partial charge in [-0.15, -0.1) is 0 Å². The van der Waals surface area contributed by atoms with Gasteiger partial charge in [0.1, 0.15) is 5.82 Å². The summed E-state index contributed by atoms with van der Waals surface area (Å²) in [7, 11) is -4.37. The summed E-state index contributed by atoms with van der Waals surface area (Å²) in [5, 5.41) is 9.40. The summed E-state index contributed by atoms with van der Waals surface area (Å²) >= 11 is 6.03. The molecular weight excluding hydrogens is 461 g/mol. The van der Waals surface area contributed by atoms with Gasteiger partial charge >= 0.3 is 5.69 Å². The van der Waals surface area contributed by atoms with Crippen LogP contribution in [0.1, 0.15) is 31.7 Å². The van der Waals surface area contributed by atoms with Crippen molar-refractivity contribution in [3.05, 3.63) is 68.2 Å². The van der Waals surface area contributed by atoms with Gasteiger partial charge in [-0.25, -0.2) is 17.6 Å². The first-order chi connectivity index (χ1) is 15.2. The van der Waals surface area contributed by atoms with Gasteiger partial charge in [0.15, 0.2) is 0 Å². The number of halogens is 2. The minimum absolute atomic E-state index is 0.153. The van der Waals surface area contributed by atoms with E-state index in [1.807, 2.05) is 4.57 Å². The maximum atomic E-state index is 14.9. The topological polar surface area (TPSA) is 114 Å². The van der Waals surface area contributed by atoms with Crippen LogP contribution in [-0.2, 0) is 9.84 Å². The lowest BCUT2D eigenvalue weighted by Crippen LogP contribution is -2.33. The molecule has 4 aromatic rings. The largest absolute Gasteiger partial charge is 0.421 e. The number of H-pyrrole nitrogens is 1. The Labute approximate surface area is 185 Å². The highest BCUT2D eigenvalue weighted by atomic mass is 35.5. The second kappa shape index (κ2) is 7.21. The number of aromatic amines is 1. The standard InChI is InChI=1S/C21H17ClFN3O5S/c22-14-5-6-17(19-18(14)20(27)26(29)21(28)24-19)32(30,31)12-9-15(23)13-7-8-25(16(13)10-12)11-3-1-2-4-11/h5-11,29H,1-4H2,(H,24,28). The van der Waals surface area contributed by atoms with Crippen LogP contribution in [0.5, 0.6) is 0 Å². The molecule has 0 radical (unpaired) electrons. The van der Waals surface area contributed by atoms with E-state index in [1.54, 1.807) is 12.3 Å². The zero-order valence-corrected chi connectivity index (χ0v) is 18.1. The first-order valence-electron chi connectivity index (χ1n) is 9.92. The molecule has 0 atom stereocenters. The molecule has 5 rings (SSSR count). The summed E-state index contributed by atoms with van der Waals surface area (Å²) in [6, 6.07) is 6.42. The zero-order chi connectivity index (χ0) is 22.8. The summed E-state index contributed by atoms with van der Waals surface area (Å²) in [6.07, 6.45) is 5.73. The van der Waals surface area contributed by atoms with E-state index >= 15 is 0 Å². The van der Waals surface area contributed by atoms with Crippen molar-refractivity contribution >= 4 is 43.2 Å². The molecule has 1 aliphatic carbocycles. The van der Waals surface area contributed by atoms with Gasteiger partial charge in [-0.05, 0) is 43.2 Å². The quantitative estimate of drug-likeness (QED) is 0.437. The minimum atomic E-state index is -4.37. The molecule has 1 fully saturated rings. The lowest BCUT2D eigenvalue weighted by atomic mass is 10.2. The third kappa shape index (κ3) is 2.97. The predicted octanol–water partition coefficient (Wildman–Crippen LogP) is 3.62. The van der Waals surface area contributed by atoms with Gasteiger partial charge < -0.3 is 14.8 Å². The number of rotatable bonds is 3. The van der Waals surface area contributed by atoms with Crippen molar-refractivity contribution in [3.8, 4) is 0 Å². The van der Waals surface area contributed by atoms with Crippen molar-refractivity contribution in [2.45, 2.75) is 41.5 Å². The molecule has 0 aliphatic heterocycles. The van der Waals surface area contributed by atoms with Crippen molar-refractivity contribution in [1.82, 2.24) is 14.3 Å². The Morgan fingerprint density at radius 2 is 1.84 bits per heavy atom. The van der Waals surface area contributed by atoms with Gasteiger partial charge in [0.05, 0.1) is 31.2 Å². The average molecular weight is 478 g/mol. The van der Waals surface area contributed by atoms with Gasteiger partial charge in [0.25, 0.3) is 5.56 Å². The molecule has 2 aromatic heterocycles.